The Morgan fingerprint density at radius 1 is 1.15 bits per heavy atom. The van der Waals surface area contributed by atoms with Gasteiger partial charge in [-0.15, -0.1) is 0 Å². The zero-order valence-corrected chi connectivity index (χ0v) is 15.2. The molecule has 2 aromatic rings. The smallest absolute Gasteiger partial charge is 0.409 e. The van der Waals surface area contributed by atoms with Gasteiger partial charge < -0.3 is 24.8 Å². The van der Waals surface area contributed by atoms with Gasteiger partial charge in [-0.2, -0.15) is 0 Å². The van der Waals surface area contributed by atoms with Gasteiger partial charge in [0, 0.05) is 43.3 Å². The monoisotopic (exact) mass is 358 g/mol. The van der Waals surface area contributed by atoms with Crippen LogP contribution in [0.2, 0.25) is 0 Å². The zero-order chi connectivity index (χ0) is 18.4. The van der Waals surface area contributed by atoms with Crippen molar-refractivity contribution in [2.75, 3.05) is 45.9 Å². The number of carbonyl (C=O) groups excluding carboxylic acids is 2. The highest BCUT2D eigenvalue weighted by Crippen LogP contribution is 2.17. The van der Waals surface area contributed by atoms with Crippen molar-refractivity contribution in [2.24, 2.45) is 0 Å². The van der Waals surface area contributed by atoms with Crippen molar-refractivity contribution in [1.82, 2.24) is 20.1 Å². The van der Waals surface area contributed by atoms with E-state index in [1.54, 1.807) is 16.7 Å². The number of ether oxygens (including phenoxy) is 1. The van der Waals surface area contributed by atoms with E-state index >= 15 is 0 Å². The van der Waals surface area contributed by atoms with Crippen LogP contribution in [0.15, 0.2) is 30.5 Å². The molecule has 1 aliphatic heterocycles. The normalized spacial score (nSPS) is 14.7. The average Bonchev–Trinajstić information content (AvgIpc) is 3.08. The van der Waals surface area contributed by atoms with Crippen molar-refractivity contribution < 1.29 is 14.3 Å². The molecular weight excluding hydrogens is 332 g/mol. The molecule has 0 saturated carbocycles. The van der Waals surface area contributed by atoms with Gasteiger partial charge in [0.05, 0.1) is 13.2 Å². The van der Waals surface area contributed by atoms with Crippen LogP contribution in [-0.2, 0) is 16.0 Å². The number of aromatic nitrogens is 1. The van der Waals surface area contributed by atoms with Crippen molar-refractivity contribution in [3.63, 3.8) is 0 Å². The number of fused-ring (bicyclic) bond motifs is 1. The van der Waals surface area contributed by atoms with Gasteiger partial charge >= 0.3 is 6.09 Å². The third-order valence-electron chi connectivity index (χ3n) is 4.68. The number of rotatable bonds is 6. The number of amides is 2. The standard InChI is InChI=1S/C19H26N4O3/c1-2-26-19(25)23-11-9-22(10-12-23)18(24)14-20-8-7-15-13-21-17-6-4-3-5-16(15)17/h3-6,13,20-21H,2,7-12,14H2,1H3. The second kappa shape index (κ2) is 8.71. The molecule has 140 valence electrons. The Morgan fingerprint density at radius 2 is 1.88 bits per heavy atom. The van der Waals surface area contributed by atoms with E-state index in [1.165, 1.54) is 10.9 Å². The molecule has 0 radical (unpaired) electrons. The molecule has 0 aliphatic carbocycles. The second-order valence-electron chi connectivity index (χ2n) is 6.35. The number of carbonyl (C=O) groups is 2. The summed E-state index contributed by atoms with van der Waals surface area (Å²) < 4.78 is 4.99. The summed E-state index contributed by atoms with van der Waals surface area (Å²) in [4.78, 5) is 30.7. The quantitative estimate of drug-likeness (QED) is 0.769. The lowest BCUT2D eigenvalue weighted by molar-refractivity contribution is -0.131. The van der Waals surface area contributed by atoms with Crippen LogP contribution in [0, 0.1) is 0 Å². The molecule has 1 aliphatic rings. The zero-order valence-electron chi connectivity index (χ0n) is 15.2. The summed E-state index contributed by atoms with van der Waals surface area (Å²) >= 11 is 0. The molecule has 1 saturated heterocycles. The van der Waals surface area contributed by atoms with E-state index in [0.717, 1.165) is 18.5 Å². The Labute approximate surface area is 153 Å². The molecule has 26 heavy (non-hydrogen) atoms. The fourth-order valence-corrected chi connectivity index (χ4v) is 3.22. The highest BCUT2D eigenvalue weighted by Gasteiger charge is 2.24. The molecule has 1 fully saturated rings. The highest BCUT2D eigenvalue weighted by molar-refractivity contribution is 5.83. The van der Waals surface area contributed by atoms with Crippen LogP contribution in [0.4, 0.5) is 4.79 Å². The van der Waals surface area contributed by atoms with Crippen LogP contribution in [0.5, 0.6) is 0 Å². The van der Waals surface area contributed by atoms with Crippen LogP contribution >= 0.6 is 0 Å². The molecule has 7 nitrogen and oxygen atoms in total. The fourth-order valence-electron chi connectivity index (χ4n) is 3.22. The third kappa shape index (κ3) is 4.35. The number of benzene rings is 1. The molecule has 0 atom stereocenters. The molecule has 0 unspecified atom stereocenters. The molecular formula is C19H26N4O3. The van der Waals surface area contributed by atoms with Gasteiger partial charge in [-0.3, -0.25) is 4.79 Å². The van der Waals surface area contributed by atoms with E-state index in [9.17, 15) is 9.59 Å². The lowest BCUT2D eigenvalue weighted by Gasteiger charge is -2.34. The van der Waals surface area contributed by atoms with Gasteiger partial charge in [0.2, 0.25) is 5.91 Å². The van der Waals surface area contributed by atoms with Crippen LogP contribution in [0.1, 0.15) is 12.5 Å². The Bertz CT molecular complexity index is 750. The van der Waals surface area contributed by atoms with E-state index < -0.39 is 0 Å². The number of hydrogen-bond donors (Lipinski definition) is 2. The number of piperazine rings is 1. The van der Waals surface area contributed by atoms with Crippen LogP contribution in [-0.4, -0.2) is 72.7 Å². The number of aromatic amines is 1. The minimum Gasteiger partial charge on any atom is -0.450 e. The lowest BCUT2D eigenvalue weighted by Crippen LogP contribution is -2.52. The largest absolute Gasteiger partial charge is 0.450 e. The maximum Gasteiger partial charge on any atom is 0.409 e. The highest BCUT2D eigenvalue weighted by atomic mass is 16.6. The molecule has 7 heteroatoms. The predicted octanol–water partition coefficient (Wildman–Crippen LogP) is 1.60. The van der Waals surface area contributed by atoms with E-state index in [2.05, 4.69) is 22.4 Å². The minimum atomic E-state index is -0.295. The molecule has 1 aromatic carbocycles. The van der Waals surface area contributed by atoms with Gasteiger partial charge in [-0.05, 0) is 31.5 Å². The summed E-state index contributed by atoms with van der Waals surface area (Å²) in [6.45, 7) is 5.40. The molecule has 2 amide bonds. The van der Waals surface area contributed by atoms with Crippen molar-refractivity contribution in [2.45, 2.75) is 13.3 Å². The third-order valence-corrected chi connectivity index (χ3v) is 4.68. The van der Waals surface area contributed by atoms with Crippen molar-refractivity contribution in [3.05, 3.63) is 36.0 Å². The van der Waals surface area contributed by atoms with Gasteiger partial charge in [0.1, 0.15) is 0 Å². The van der Waals surface area contributed by atoms with Crippen LogP contribution in [0.3, 0.4) is 0 Å². The lowest BCUT2D eigenvalue weighted by atomic mass is 10.1. The Morgan fingerprint density at radius 3 is 2.65 bits per heavy atom. The first-order valence-corrected chi connectivity index (χ1v) is 9.14. The van der Waals surface area contributed by atoms with Gasteiger partial charge in [-0.25, -0.2) is 4.79 Å². The minimum absolute atomic E-state index is 0.0763. The van der Waals surface area contributed by atoms with E-state index in [-0.39, 0.29) is 12.0 Å². The number of H-pyrrole nitrogens is 1. The number of nitrogens with zero attached hydrogens (tertiary/aromatic N) is 2. The molecule has 3 rings (SSSR count). The van der Waals surface area contributed by atoms with E-state index in [4.69, 9.17) is 4.74 Å². The first-order valence-electron chi connectivity index (χ1n) is 9.14. The molecule has 0 spiro atoms. The summed E-state index contributed by atoms with van der Waals surface area (Å²) in [6.07, 6.45) is 2.60. The van der Waals surface area contributed by atoms with Crippen molar-refractivity contribution in [1.29, 1.82) is 0 Å². The number of para-hydroxylation sites is 1. The van der Waals surface area contributed by atoms with E-state index in [0.29, 0.717) is 39.3 Å². The average molecular weight is 358 g/mol. The Balaban J connectivity index is 1.38. The van der Waals surface area contributed by atoms with E-state index in [1.807, 2.05) is 18.3 Å². The molecule has 2 heterocycles. The van der Waals surface area contributed by atoms with Crippen LogP contribution in [0.25, 0.3) is 10.9 Å². The number of nitrogens with one attached hydrogen (secondary N) is 2. The second-order valence-corrected chi connectivity index (χ2v) is 6.35. The molecule has 2 N–H and O–H groups in total. The summed E-state index contributed by atoms with van der Waals surface area (Å²) in [5.41, 5.74) is 2.39. The predicted molar refractivity (Wildman–Crippen MR) is 100 cm³/mol. The Kier molecular flexibility index (Phi) is 6.12. The van der Waals surface area contributed by atoms with Crippen molar-refractivity contribution >= 4 is 22.9 Å². The maximum atomic E-state index is 12.3. The van der Waals surface area contributed by atoms with Crippen LogP contribution < -0.4 is 5.32 Å². The Hall–Kier alpha value is -2.54. The topological polar surface area (TPSA) is 77.7 Å². The fraction of sp³-hybridized carbons (Fsp3) is 0.474. The number of hydrogen-bond acceptors (Lipinski definition) is 4. The summed E-state index contributed by atoms with van der Waals surface area (Å²) in [5, 5.41) is 4.46. The summed E-state index contributed by atoms with van der Waals surface area (Å²) in [6, 6.07) is 8.22. The van der Waals surface area contributed by atoms with Gasteiger partial charge in [0.15, 0.2) is 0 Å². The molecule has 1 aromatic heterocycles. The van der Waals surface area contributed by atoms with Crippen molar-refractivity contribution in [3.8, 4) is 0 Å². The molecule has 0 bridgehead atoms. The SMILES string of the molecule is CCOC(=O)N1CCN(C(=O)CNCCc2c[nH]c3ccccc23)CC1. The summed E-state index contributed by atoms with van der Waals surface area (Å²) in [5.74, 6) is 0.0763. The maximum absolute atomic E-state index is 12.3. The first-order chi connectivity index (χ1) is 12.7. The van der Waals surface area contributed by atoms with Gasteiger partial charge in [0.25, 0.3) is 0 Å². The first kappa shape index (κ1) is 18.3. The van der Waals surface area contributed by atoms with Gasteiger partial charge in [-0.1, -0.05) is 18.2 Å². The summed E-state index contributed by atoms with van der Waals surface area (Å²) in [7, 11) is 0.